The maximum atomic E-state index is 6.19. The summed E-state index contributed by atoms with van der Waals surface area (Å²) in [5.74, 6) is 0. The number of nitrogens with zero attached hydrogens (tertiary/aromatic N) is 2. The number of aryl methyl sites for hydroxylation is 3. The van der Waals surface area contributed by atoms with E-state index in [-0.39, 0.29) is 0 Å². The summed E-state index contributed by atoms with van der Waals surface area (Å²) in [4.78, 5) is 0. The zero-order valence-electron chi connectivity index (χ0n) is 10.6. The van der Waals surface area contributed by atoms with Gasteiger partial charge in [0.15, 0.2) is 0 Å². The molecule has 0 saturated carbocycles. The fourth-order valence-corrected chi connectivity index (χ4v) is 2.17. The third kappa shape index (κ3) is 2.62. The Balaban J connectivity index is 2.14. The molecule has 1 heterocycles. The predicted molar refractivity (Wildman–Crippen MR) is 76.5 cm³/mol. The summed E-state index contributed by atoms with van der Waals surface area (Å²) in [5, 5.41) is 9.04. The molecule has 3 nitrogen and oxygen atoms in total. The molecule has 0 amide bonds. The van der Waals surface area contributed by atoms with Crippen LogP contribution in [0.4, 0.5) is 5.69 Å². The monoisotopic (exact) mass is 283 g/mol. The van der Waals surface area contributed by atoms with Gasteiger partial charge < -0.3 is 5.32 Å². The second kappa shape index (κ2) is 5.21. The van der Waals surface area contributed by atoms with Crippen molar-refractivity contribution in [1.82, 2.24) is 9.78 Å². The molecule has 0 radical (unpaired) electrons. The maximum Gasteiger partial charge on any atom is 0.0865 e. The van der Waals surface area contributed by atoms with Crippen LogP contribution in [0.25, 0.3) is 0 Å². The fraction of sp³-hybridized carbons (Fsp3) is 0.308. The third-order valence-corrected chi connectivity index (χ3v) is 3.79. The normalized spacial score (nSPS) is 10.7. The van der Waals surface area contributed by atoms with E-state index in [9.17, 15) is 0 Å². The van der Waals surface area contributed by atoms with Gasteiger partial charge in [0, 0.05) is 17.8 Å². The summed E-state index contributed by atoms with van der Waals surface area (Å²) in [5.41, 5.74) is 3.85. The first-order chi connectivity index (χ1) is 8.49. The van der Waals surface area contributed by atoms with Crippen LogP contribution < -0.4 is 5.32 Å². The van der Waals surface area contributed by atoms with E-state index in [1.807, 2.05) is 39.1 Å². The lowest BCUT2D eigenvalue weighted by Crippen LogP contribution is -2.06. The topological polar surface area (TPSA) is 29.9 Å². The lowest BCUT2D eigenvalue weighted by atomic mass is 10.2. The molecule has 0 bridgehead atoms. The van der Waals surface area contributed by atoms with Crippen molar-refractivity contribution >= 4 is 28.9 Å². The van der Waals surface area contributed by atoms with Gasteiger partial charge >= 0.3 is 0 Å². The van der Waals surface area contributed by atoms with Crippen molar-refractivity contribution in [3.8, 4) is 0 Å². The Hall–Kier alpha value is -1.19. The van der Waals surface area contributed by atoms with Gasteiger partial charge in [-0.3, -0.25) is 4.68 Å². The second-order valence-electron chi connectivity index (χ2n) is 4.29. The van der Waals surface area contributed by atoms with E-state index in [0.29, 0.717) is 11.6 Å². The van der Waals surface area contributed by atoms with Crippen LogP contribution in [0, 0.1) is 13.8 Å². The van der Waals surface area contributed by atoms with Gasteiger partial charge in [0.2, 0.25) is 0 Å². The van der Waals surface area contributed by atoms with Gasteiger partial charge in [-0.25, -0.2) is 0 Å². The fourth-order valence-electron chi connectivity index (χ4n) is 1.76. The van der Waals surface area contributed by atoms with Crippen molar-refractivity contribution < 1.29 is 0 Å². The summed E-state index contributed by atoms with van der Waals surface area (Å²) >= 11 is 12.3. The smallest absolute Gasteiger partial charge is 0.0865 e. The summed E-state index contributed by atoms with van der Waals surface area (Å²) in [6.45, 7) is 4.50. The Kier molecular flexibility index (Phi) is 3.83. The molecule has 1 aromatic heterocycles. The van der Waals surface area contributed by atoms with Crippen molar-refractivity contribution in [2.75, 3.05) is 5.32 Å². The summed E-state index contributed by atoms with van der Waals surface area (Å²) in [6.07, 6.45) is 0. The number of anilines is 1. The van der Waals surface area contributed by atoms with Gasteiger partial charge in [-0.2, -0.15) is 5.10 Å². The SMILES string of the molecule is Cc1ccc(NCc2c(Cl)c(C)nn2C)cc1Cl. The summed E-state index contributed by atoms with van der Waals surface area (Å²) in [7, 11) is 1.89. The maximum absolute atomic E-state index is 6.19. The lowest BCUT2D eigenvalue weighted by molar-refractivity contribution is 0.713. The zero-order chi connectivity index (χ0) is 13.3. The highest BCUT2D eigenvalue weighted by atomic mass is 35.5. The molecule has 1 N–H and O–H groups in total. The van der Waals surface area contributed by atoms with Crippen LogP contribution in [0.1, 0.15) is 17.0 Å². The third-order valence-electron chi connectivity index (χ3n) is 2.89. The van der Waals surface area contributed by atoms with E-state index in [0.717, 1.165) is 27.7 Å². The van der Waals surface area contributed by atoms with Gasteiger partial charge in [0.05, 0.1) is 23.0 Å². The van der Waals surface area contributed by atoms with Crippen LogP contribution >= 0.6 is 23.2 Å². The molecule has 0 unspecified atom stereocenters. The molecule has 0 aliphatic heterocycles. The Morgan fingerprint density at radius 3 is 2.56 bits per heavy atom. The molecular formula is C13H15Cl2N3. The molecular weight excluding hydrogens is 269 g/mol. The van der Waals surface area contributed by atoms with Crippen molar-refractivity contribution in [3.05, 3.63) is 45.2 Å². The molecule has 0 fully saturated rings. The van der Waals surface area contributed by atoms with E-state index in [4.69, 9.17) is 23.2 Å². The average Bonchev–Trinajstić information content (AvgIpc) is 2.56. The average molecular weight is 284 g/mol. The van der Waals surface area contributed by atoms with Crippen LogP contribution in [-0.4, -0.2) is 9.78 Å². The Morgan fingerprint density at radius 1 is 1.28 bits per heavy atom. The molecule has 0 atom stereocenters. The van der Waals surface area contributed by atoms with Crippen LogP contribution in [-0.2, 0) is 13.6 Å². The molecule has 96 valence electrons. The van der Waals surface area contributed by atoms with Crippen molar-refractivity contribution in [2.24, 2.45) is 7.05 Å². The lowest BCUT2D eigenvalue weighted by Gasteiger charge is -2.08. The molecule has 5 heteroatoms. The van der Waals surface area contributed by atoms with Gasteiger partial charge in [-0.05, 0) is 31.5 Å². The van der Waals surface area contributed by atoms with Crippen molar-refractivity contribution in [1.29, 1.82) is 0 Å². The van der Waals surface area contributed by atoms with Gasteiger partial charge in [-0.1, -0.05) is 29.3 Å². The van der Waals surface area contributed by atoms with Crippen LogP contribution in [0.5, 0.6) is 0 Å². The Morgan fingerprint density at radius 2 is 2.00 bits per heavy atom. The minimum absolute atomic E-state index is 0.621. The van der Waals surface area contributed by atoms with Gasteiger partial charge in [-0.15, -0.1) is 0 Å². The molecule has 0 aliphatic carbocycles. The molecule has 0 aliphatic rings. The summed E-state index contributed by atoms with van der Waals surface area (Å²) < 4.78 is 1.79. The highest BCUT2D eigenvalue weighted by molar-refractivity contribution is 6.32. The van der Waals surface area contributed by atoms with E-state index >= 15 is 0 Å². The number of benzene rings is 1. The van der Waals surface area contributed by atoms with E-state index in [2.05, 4.69) is 10.4 Å². The zero-order valence-corrected chi connectivity index (χ0v) is 12.1. The predicted octanol–water partition coefficient (Wildman–Crippen LogP) is 3.96. The largest absolute Gasteiger partial charge is 0.379 e. The standard InChI is InChI=1S/C13H15Cl2N3/c1-8-4-5-10(6-11(8)14)16-7-12-13(15)9(2)17-18(12)3/h4-6,16H,7H2,1-3H3. The van der Waals surface area contributed by atoms with Crippen molar-refractivity contribution in [2.45, 2.75) is 20.4 Å². The summed E-state index contributed by atoms with van der Waals surface area (Å²) in [6, 6.07) is 5.90. The highest BCUT2D eigenvalue weighted by Crippen LogP contribution is 2.23. The minimum atomic E-state index is 0.621. The first-order valence-electron chi connectivity index (χ1n) is 5.67. The number of aromatic nitrogens is 2. The highest BCUT2D eigenvalue weighted by Gasteiger charge is 2.10. The molecule has 0 saturated heterocycles. The van der Waals surface area contributed by atoms with Crippen molar-refractivity contribution in [3.63, 3.8) is 0 Å². The number of nitrogens with one attached hydrogen (secondary N) is 1. The first-order valence-corrected chi connectivity index (χ1v) is 6.42. The molecule has 2 rings (SSSR count). The van der Waals surface area contributed by atoms with Crippen LogP contribution in [0.3, 0.4) is 0 Å². The number of rotatable bonds is 3. The van der Waals surface area contributed by atoms with Gasteiger partial charge in [0.25, 0.3) is 0 Å². The molecule has 18 heavy (non-hydrogen) atoms. The van der Waals surface area contributed by atoms with Crippen LogP contribution in [0.15, 0.2) is 18.2 Å². The number of hydrogen-bond acceptors (Lipinski definition) is 2. The second-order valence-corrected chi connectivity index (χ2v) is 5.07. The number of halogens is 2. The van der Waals surface area contributed by atoms with E-state index in [1.54, 1.807) is 4.68 Å². The van der Waals surface area contributed by atoms with Gasteiger partial charge in [0.1, 0.15) is 0 Å². The van der Waals surface area contributed by atoms with Crippen LogP contribution in [0.2, 0.25) is 10.0 Å². The number of hydrogen-bond donors (Lipinski definition) is 1. The molecule has 1 aromatic carbocycles. The quantitative estimate of drug-likeness (QED) is 0.924. The van der Waals surface area contributed by atoms with E-state index < -0.39 is 0 Å². The molecule has 2 aromatic rings. The minimum Gasteiger partial charge on any atom is -0.379 e. The Labute approximate surface area is 117 Å². The van der Waals surface area contributed by atoms with E-state index in [1.165, 1.54) is 0 Å². The Bertz CT molecular complexity index is 576. The molecule has 0 spiro atoms. The first kappa shape index (κ1) is 13.2.